The summed E-state index contributed by atoms with van der Waals surface area (Å²) in [6, 6.07) is 18.2. The highest BCUT2D eigenvalue weighted by atomic mass is 19.1. The molecule has 32 heavy (non-hydrogen) atoms. The molecule has 2 aromatic carbocycles. The van der Waals surface area contributed by atoms with Gasteiger partial charge >= 0.3 is 0 Å². The summed E-state index contributed by atoms with van der Waals surface area (Å²) < 4.78 is 20.0. The minimum atomic E-state index is -0.151. The normalized spacial score (nSPS) is 25.2. The Morgan fingerprint density at radius 2 is 1.81 bits per heavy atom. The molecule has 5 nitrogen and oxygen atoms in total. The van der Waals surface area contributed by atoms with Gasteiger partial charge in [-0.2, -0.15) is 0 Å². The first-order valence-electron chi connectivity index (χ1n) is 11.7. The Hall–Kier alpha value is -2.70. The molecule has 2 aliphatic heterocycles. The number of anilines is 2. The van der Waals surface area contributed by atoms with E-state index in [1.165, 1.54) is 5.39 Å². The number of para-hydroxylation sites is 1. The third kappa shape index (κ3) is 3.93. The Labute approximate surface area is 188 Å². The van der Waals surface area contributed by atoms with Crippen LogP contribution in [0.1, 0.15) is 5.69 Å². The van der Waals surface area contributed by atoms with E-state index in [1.807, 2.05) is 18.2 Å². The number of benzene rings is 2. The molecule has 2 unspecified atom stereocenters. The lowest BCUT2D eigenvalue weighted by molar-refractivity contribution is 0.122. The third-order valence-electron chi connectivity index (χ3n) is 7.33. The highest BCUT2D eigenvalue weighted by molar-refractivity contribution is 5.78. The summed E-state index contributed by atoms with van der Waals surface area (Å²) in [6.45, 7) is 6.95. The second kappa shape index (κ2) is 8.34. The average molecular weight is 433 g/mol. The van der Waals surface area contributed by atoms with Gasteiger partial charge < -0.3 is 15.0 Å². The molecule has 0 spiro atoms. The van der Waals surface area contributed by atoms with Crippen LogP contribution in [0, 0.1) is 23.6 Å². The molecule has 0 amide bonds. The zero-order valence-electron chi connectivity index (χ0n) is 18.2. The highest BCUT2D eigenvalue weighted by Crippen LogP contribution is 2.51. The molecule has 3 aliphatic rings. The zero-order chi connectivity index (χ0) is 21.5. The van der Waals surface area contributed by atoms with E-state index in [0.29, 0.717) is 24.8 Å². The molecule has 0 radical (unpaired) electrons. The van der Waals surface area contributed by atoms with Crippen LogP contribution in [-0.2, 0) is 11.3 Å². The van der Waals surface area contributed by atoms with Gasteiger partial charge in [0.1, 0.15) is 5.82 Å². The molecule has 1 N–H and O–H groups in total. The molecule has 2 saturated heterocycles. The second-order valence-electron chi connectivity index (χ2n) is 9.33. The molecule has 0 bridgehead atoms. The number of pyridine rings is 1. The molecule has 6 rings (SSSR count). The van der Waals surface area contributed by atoms with Crippen LogP contribution in [0.3, 0.4) is 0 Å². The first kappa shape index (κ1) is 19.9. The smallest absolute Gasteiger partial charge is 0.148 e. The van der Waals surface area contributed by atoms with Crippen LogP contribution in [0.2, 0.25) is 0 Å². The van der Waals surface area contributed by atoms with Crippen molar-refractivity contribution in [2.24, 2.45) is 17.8 Å². The van der Waals surface area contributed by atoms with Gasteiger partial charge in [0.25, 0.3) is 0 Å². The molecule has 1 aromatic heterocycles. The number of likely N-dealkylation sites (tertiary alicyclic amines) is 1. The topological polar surface area (TPSA) is 40.6 Å². The number of rotatable bonds is 6. The average Bonchev–Trinajstić information content (AvgIpc) is 3.28. The number of hydrogen-bond acceptors (Lipinski definition) is 5. The molecule has 1 saturated carbocycles. The molecule has 6 heteroatoms. The molecule has 3 heterocycles. The van der Waals surface area contributed by atoms with Crippen molar-refractivity contribution in [3.63, 3.8) is 0 Å². The number of nitrogens with zero attached hydrogens (tertiary/aromatic N) is 3. The van der Waals surface area contributed by atoms with Crippen LogP contribution in [0.25, 0.3) is 10.9 Å². The van der Waals surface area contributed by atoms with Crippen LogP contribution in [0.4, 0.5) is 15.8 Å². The number of piperidine rings is 1. The van der Waals surface area contributed by atoms with Gasteiger partial charge in [-0.15, -0.1) is 0 Å². The first-order valence-corrected chi connectivity index (χ1v) is 11.7. The lowest BCUT2D eigenvalue weighted by atomic mass is 10.2. The number of hydrogen-bond donors (Lipinski definition) is 1. The highest BCUT2D eigenvalue weighted by Gasteiger charge is 2.54. The van der Waals surface area contributed by atoms with E-state index in [1.54, 1.807) is 6.07 Å². The van der Waals surface area contributed by atoms with Crippen LogP contribution < -0.4 is 10.2 Å². The summed E-state index contributed by atoms with van der Waals surface area (Å²) in [4.78, 5) is 9.41. The Morgan fingerprint density at radius 3 is 2.62 bits per heavy atom. The van der Waals surface area contributed by atoms with Crippen LogP contribution >= 0.6 is 0 Å². The largest absolute Gasteiger partial charge is 0.385 e. The van der Waals surface area contributed by atoms with Gasteiger partial charge in [-0.1, -0.05) is 24.3 Å². The van der Waals surface area contributed by atoms with Crippen molar-refractivity contribution in [3.8, 4) is 0 Å². The standard InChI is InChI=1S/C26H29FN4O/c27-24-13-19(7-8-26(24)31-9-11-32-12-10-31)28-14-21-22-16-30(17-23(21)22)15-20-6-5-18-3-1-2-4-25(18)29-20/h1-8,13,21-23,28H,9-12,14-17H2. The number of aromatic nitrogens is 1. The first-order chi connectivity index (χ1) is 15.7. The molecule has 166 valence electrons. The van der Waals surface area contributed by atoms with E-state index in [9.17, 15) is 4.39 Å². The summed E-state index contributed by atoms with van der Waals surface area (Å²) in [5.41, 5.74) is 3.78. The van der Waals surface area contributed by atoms with Crippen molar-refractivity contribution in [1.82, 2.24) is 9.88 Å². The summed E-state index contributed by atoms with van der Waals surface area (Å²) in [6.07, 6.45) is 0. The van der Waals surface area contributed by atoms with Crippen LogP contribution in [0.5, 0.6) is 0 Å². The van der Waals surface area contributed by atoms with Crippen LogP contribution in [-0.4, -0.2) is 55.8 Å². The van der Waals surface area contributed by atoms with Crippen LogP contribution in [0.15, 0.2) is 54.6 Å². The quantitative estimate of drug-likeness (QED) is 0.638. The van der Waals surface area contributed by atoms with Gasteiger partial charge in [-0.25, -0.2) is 4.39 Å². The Kier molecular flexibility index (Phi) is 5.20. The zero-order valence-corrected chi connectivity index (χ0v) is 18.2. The summed E-state index contributed by atoms with van der Waals surface area (Å²) in [5.74, 6) is 2.04. The minimum absolute atomic E-state index is 0.151. The maximum Gasteiger partial charge on any atom is 0.148 e. The second-order valence-corrected chi connectivity index (χ2v) is 9.33. The number of fused-ring (bicyclic) bond motifs is 2. The minimum Gasteiger partial charge on any atom is -0.385 e. The van der Waals surface area contributed by atoms with Gasteiger partial charge in [0.2, 0.25) is 0 Å². The fraction of sp³-hybridized carbons (Fsp3) is 0.423. The van der Waals surface area contributed by atoms with Gasteiger partial charge in [0.15, 0.2) is 0 Å². The van der Waals surface area contributed by atoms with Crippen molar-refractivity contribution in [3.05, 3.63) is 66.1 Å². The van der Waals surface area contributed by atoms with E-state index in [2.05, 4.69) is 45.4 Å². The SMILES string of the molecule is Fc1cc(NCC2C3CN(Cc4ccc5ccccc5n4)CC23)ccc1N1CCOCC1. The lowest BCUT2D eigenvalue weighted by Gasteiger charge is -2.29. The van der Waals surface area contributed by atoms with E-state index < -0.39 is 0 Å². The van der Waals surface area contributed by atoms with Crippen molar-refractivity contribution in [1.29, 1.82) is 0 Å². The van der Waals surface area contributed by atoms with Crippen molar-refractivity contribution < 1.29 is 9.13 Å². The van der Waals surface area contributed by atoms with E-state index in [4.69, 9.17) is 9.72 Å². The van der Waals surface area contributed by atoms with Crippen molar-refractivity contribution in [2.75, 3.05) is 56.2 Å². The Bertz CT molecular complexity index is 1100. The molecule has 3 fully saturated rings. The maximum absolute atomic E-state index is 14.6. The van der Waals surface area contributed by atoms with E-state index in [0.717, 1.165) is 68.0 Å². The number of ether oxygens (including phenoxy) is 1. The Balaban J connectivity index is 1.00. The number of halogens is 1. The van der Waals surface area contributed by atoms with Gasteiger partial charge in [0.05, 0.1) is 30.1 Å². The maximum atomic E-state index is 14.6. The number of nitrogens with one attached hydrogen (secondary N) is 1. The molecular formula is C26H29FN4O. The number of morpholine rings is 1. The summed E-state index contributed by atoms with van der Waals surface area (Å²) >= 11 is 0. The summed E-state index contributed by atoms with van der Waals surface area (Å²) in [7, 11) is 0. The van der Waals surface area contributed by atoms with Crippen molar-refractivity contribution >= 4 is 22.3 Å². The van der Waals surface area contributed by atoms with Gasteiger partial charge in [-0.05, 0) is 48.1 Å². The van der Waals surface area contributed by atoms with E-state index in [-0.39, 0.29) is 5.82 Å². The third-order valence-corrected chi connectivity index (χ3v) is 7.33. The molecule has 3 aromatic rings. The van der Waals surface area contributed by atoms with Gasteiger partial charge in [-0.3, -0.25) is 9.88 Å². The summed E-state index contributed by atoms with van der Waals surface area (Å²) in [5, 5.41) is 4.67. The Morgan fingerprint density at radius 1 is 1.00 bits per heavy atom. The molecule has 1 aliphatic carbocycles. The molecular weight excluding hydrogens is 403 g/mol. The lowest BCUT2D eigenvalue weighted by Crippen LogP contribution is -2.36. The van der Waals surface area contributed by atoms with E-state index >= 15 is 0 Å². The molecule has 2 atom stereocenters. The fourth-order valence-corrected chi connectivity index (χ4v) is 5.51. The van der Waals surface area contributed by atoms with Gasteiger partial charge in [0, 0.05) is 50.3 Å². The van der Waals surface area contributed by atoms with Crippen molar-refractivity contribution in [2.45, 2.75) is 6.54 Å². The monoisotopic (exact) mass is 432 g/mol. The predicted octanol–water partition coefficient (Wildman–Crippen LogP) is 4.00. The fourth-order valence-electron chi connectivity index (χ4n) is 5.51. The predicted molar refractivity (Wildman–Crippen MR) is 125 cm³/mol.